The average Bonchev–Trinajstić information content (AvgIpc) is 2.85. The van der Waals surface area contributed by atoms with Crippen LogP contribution in [0.2, 0.25) is 5.02 Å². The van der Waals surface area contributed by atoms with Gasteiger partial charge in [-0.25, -0.2) is 0 Å². The Labute approximate surface area is 125 Å². The van der Waals surface area contributed by atoms with Crippen molar-refractivity contribution in [1.82, 2.24) is 5.32 Å². The fourth-order valence-electron chi connectivity index (χ4n) is 2.61. The highest BCUT2D eigenvalue weighted by Gasteiger charge is 2.31. The molecular formula is C16H22ClNO2. The molecule has 0 bridgehead atoms. The molecule has 1 amide bonds. The Morgan fingerprint density at radius 3 is 2.75 bits per heavy atom. The van der Waals surface area contributed by atoms with Crippen LogP contribution in [-0.4, -0.2) is 23.2 Å². The quantitative estimate of drug-likeness (QED) is 0.877. The van der Waals surface area contributed by atoms with Gasteiger partial charge in [-0.05, 0) is 43.4 Å². The number of aryl methyl sites for hydroxylation is 2. The molecule has 1 fully saturated rings. The number of aliphatic hydroxyl groups is 1. The molecule has 2 N–H and O–H groups in total. The Morgan fingerprint density at radius 1 is 1.40 bits per heavy atom. The molecule has 0 unspecified atom stereocenters. The van der Waals surface area contributed by atoms with Crippen LogP contribution in [0.15, 0.2) is 18.2 Å². The number of hydrogen-bond donors (Lipinski definition) is 2. The summed E-state index contributed by atoms with van der Waals surface area (Å²) in [6.45, 7) is 2.33. The van der Waals surface area contributed by atoms with E-state index in [4.69, 9.17) is 11.6 Å². The van der Waals surface area contributed by atoms with E-state index >= 15 is 0 Å². The van der Waals surface area contributed by atoms with Gasteiger partial charge in [0.05, 0.1) is 5.60 Å². The minimum Gasteiger partial charge on any atom is -0.388 e. The first-order valence-electron chi connectivity index (χ1n) is 7.23. The summed E-state index contributed by atoms with van der Waals surface area (Å²) in [5.74, 6) is -0.0120. The van der Waals surface area contributed by atoms with E-state index in [1.165, 1.54) is 0 Å². The molecule has 0 atom stereocenters. The third kappa shape index (κ3) is 4.22. The van der Waals surface area contributed by atoms with Gasteiger partial charge in [0.15, 0.2) is 0 Å². The lowest BCUT2D eigenvalue weighted by Crippen LogP contribution is -2.40. The van der Waals surface area contributed by atoms with Gasteiger partial charge in [-0.15, -0.1) is 0 Å². The number of hydrogen-bond acceptors (Lipinski definition) is 2. The molecule has 0 saturated heterocycles. The number of carbonyl (C=O) groups excluding carboxylic acids is 1. The maximum atomic E-state index is 11.8. The zero-order chi connectivity index (χ0) is 14.6. The van der Waals surface area contributed by atoms with Gasteiger partial charge in [-0.1, -0.05) is 36.6 Å². The molecule has 0 aliphatic heterocycles. The lowest BCUT2D eigenvalue weighted by Gasteiger charge is -2.22. The van der Waals surface area contributed by atoms with Gasteiger partial charge >= 0.3 is 0 Å². The predicted molar refractivity (Wildman–Crippen MR) is 80.9 cm³/mol. The molecule has 2 rings (SSSR count). The third-order valence-electron chi connectivity index (χ3n) is 4.03. The van der Waals surface area contributed by atoms with E-state index in [0.717, 1.165) is 41.8 Å². The standard InChI is InChI=1S/C16H22ClNO2/c1-12-4-5-13(10-14(12)17)6-7-15(19)18-11-16(20)8-2-3-9-16/h4-5,10,20H,2-3,6-9,11H2,1H3,(H,18,19). The fraction of sp³-hybridized carbons (Fsp3) is 0.562. The molecule has 1 aromatic rings. The van der Waals surface area contributed by atoms with E-state index in [9.17, 15) is 9.90 Å². The Balaban J connectivity index is 1.76. The maximum absolute atomic E-state index is 11.8. The zero-order valence-electron chi connectivity index (χ0n) is 11.9. The first-order chi connectivity index (χ1) is 9.48. The Bertz CT molecular complexity index is 481. The highest BCUT2D eigenvalue weighted by atomic mass is 35.5. The van der Waals surface area contributed by atoms with Crippen molar-refractivity contribution in [2.24, 2.45) is 0 Å². The summed E-state index contributed by atoms with van der Waals surface area (Å²) in [5.41, 5.74) is 1.43. The van der Waals surface area contributed by atoms with E-state index in [2.05, 4.69) is 5.32 Å². The number of rotatable bonds is 5. The van der Waals surface area contributed by atoms with Gasteiger partial charge in [0.1, 0.15) is 0 Å². The normalized spacial score (nSPS) is 17.1. The summed E-state index contributed by atoms with van der Waals surface area (Å²) in [7, 11) is 0. The van der Waals surface area contributed by atoms with E-state index in [1.54, 1.807) is 0 Å². The first-order valence-corrected chi connectivity index (χ1v) is 7.60. The second-order valence-corrected chi connectivity index (χ2v) is 6.20. The van der Waals surface area contributed by atoms with Crippen molar-refractivity contribution in [3.8, 4) is 0 Å². The zero-order valence-corrected chi connectivity index (χ0v) is 12.7. The number of amides is 1. The van der Waals surface area contributed by atoms with Gasteiger partial charge < -0.3 is 10.4 Å². The molecule has 110 valence electrons. The monoisotopic (exact) mass is 295 g/mol. The van der Waals surface area contributed by atoms with Crippen LogP contribution >= 0.6 is 11.6 Å². The Kier molecular flexibility index (Phi) is 5.06. The Hall–Kier alpha value is -1.06. The first kappa shape index (κ1) is 15.3. The van der Waals surface area contributed by atoms with Crippen LogP contribution in [0.1, 0.15) is 43.2 Å². The van der Waals surface area contributed by atoms with Crippen molar-refractivity contribution in [2.45, 2.75) is 51.0 Å². The lowest BCUT2D eigenvalue weighted by molar-refractivity contribution is -0.122. The van der Waals surface area contributed by atoms with E-state index in [1.807, 2.05) is 25.1 Å². The van der Waals surface area contributed by atoms with Gasteiger partial charge in [0.25, 0.3) is 0 Å². The van der Waals surface area contributed by atoms with Crippen LogP contribution in [0, 0.1) is 6.92 Å². The second kappa shape index (κ2) is 6.59. The van der Waals surface area contributed by atoms with Crippen LogP contribution < -0.4 is 5.32 Å². The van der Waals surface area contributed by atoms with Crippen LogP contribution in [-0.2, 0) is 11.2 Å². The topological polar surface area (TPSA) is 49.3 Å². The number of carbonyl (C=O) groups is 1. The third-order valence-corrected chi connectivity index (χ3v) is 4.43. The summed E-state index contributed by atoms with van der Waals surface area (Å²) in [4.78, 5) is 11.8. The van der Waals surface area contributed by atoms with E-state index in [-0.39, 0.29) is 5.91 Å². The smallest absolute Gasteiger partial charge is 0.220 e. The molecular weight excluding hydrogens is 274 g/mol. The van der Waals surface area contributed by atoms with Gasteiger partial charge in [-0.3, -0.25) is 4.79 Å². The predicted octanol–water partition coefficient (Wildman–Crippen LogP) is 3.00. The summed E-state index contributed by atoms with van der Waals surface area (Å²) < 4.78 is 0. The molecule has 0 spiro atoms. The molecule has 0 aromatic heterocycles. The Morgan fingerprint density at radius 2 is 2.10 bits per heavy atom. The molecule has 1 aliphatic rings. The average molecular weight is 296 g/mol. The molecule has 3 nitrogen and oxygen atoms in total. The van der Waals surface area contributed by atoms with Crippen LogP contribution in [0.25, 0.3) is 0 Å². The molecule has 1 saturated carbocycles. The minimum absolute atomic E-state index is 0.0120. The molecule has 1 aromatic carbocycles. The molecule has 1 aliphatic carbocycles. The van der Waals surface area contributed by atoms with Crippen molar-refractivity contribution in [2.75, 3.05) is 6.54 Å². The highest BCUT2D eigenvalue weighted by molar-refractivity contribution is 6.31. The maximum Gasteiger partial charge on any atom is 0.220 e. The van der Waals surface area contributed by atoms with Crippen LogP contribution in [0.4, 0.5) is 0 Å². The largest absolute Gasteiger partial charge is 0.388 e. The fourth-order valence-corrected chi connectivity index (χ4v) is 2.81. The molecule has 20 heavy (non-hydrogen) atoms. The van der Waals surface area contributed by atoms with Crippen molar-refractivity contribution in [1.29, 1.82) is 0 Å². The van der Waals surface area contributed by atoms with Crippen molar-refractivity contribution in [3.05, 3.63) is 34.3 Å². The SMILES string of the molecule is Cc1ccc(CCC(=O)NCC2(O)CCCC2)cc1Cl. The summed E-state index contributed by atoms with van der Waals surface area (Å²) in [5, 5.41) is 13.7. The lowest BCUT2D eigenvalue weighted by atomic mass is 10.0. The number of nitrogens with one attached hydrogen (secondary N) is 1. The second-order valence-electron chi connectivity index (χ2n) is 5.79. The molecule has 0 radical (unpaired) electrons. The van der Waals surface area contributed by atoms with Crippen molar-refractivity contribution in [3.63, 3.8) is 0 Å². The van der Waals surface area contributed by atoms with Crippen molar-refractivity contribution >= 4 is 17.5 Å². The summed E-state index contributed by atoms with van der Waals surface area (Å²) >= 11 is 6.06. The van der Waals surface area contributed by atoms with Gasteiger partial charge in [-0.2, -0.15) is 0 Å². The van der Waals surface area contributed by atoms with Gasteiger partial charge in [0, 0.05) is 18.0 Å². The van der Waals surface area contributed by atoms with Gasteiger partial charge in [0.2, 0.25) is 5.91 Å². The van der Waals surface area contributed by atoms with Crippen LogP contribution in [0.3, 0.4) is 0 Å². The van der Waals surface area contributed by atoms with E-state index in [0.29, 0.717) is 19.4 Å². The molecule has 0 heterocycles. The number of halogens is 1. The van der Waals surface area contributed by atoms with Crippen LogP contribution in [0.5, 0.6) is 0 Å². The summed E-state index contributed by atoms with van der Waals surface area (Å²) in [6.07, 6.45) is 4.78. The highest BCUT2D eigenvalue weighted by Crippen LogP contribution is 2.28. The van der Waals surface area contributed by atoms with Crippen molar-refractivity contribution < 1.29 is 9.90 Å². The summed E-state index contributed by atoms with van der Waals surface area (Å²) in [6, 6.07) is 5.88. The van der Waals surface area contributed by atoms with E-state index < -0.39 is 5.60 Å². The molecule has 4 heteroatoms. The number of benzene rings is 1. The minimum atomic E-state index is -0.678.